The first-order valence-corrected chi connectivity index (χ1v) is 9.29. The van der Waals surface area contributed by atoms with Crippen LogP contribution in [-0.4, -0.2) is 18.5 Å². The summed E-state index contributed by atoms with van der Waals surface area (Å²) in [5.74, 6) is -0.455. The summed E-state index contributed by atoms with van der Waals surface area (Å²) < 4.78 is 4.97. The predicted molar refractivity (Wildman–Crippen MR) is 111 cm³/mol. The van der Waals surface area contributed by atoms with Gasteiger partial charge in [-0.3, -0.25) is 9.59 Å². The monoisotopic (exact) mass is 373 g/mol. The lowest BCUT2D eigenvalue weighted by atomic mass is 9.99. The van der Waals surface area contributed by atoms with E-state index in [9.17, 15) is 9.59 Å². The first kappa shape index (κ1) is 19.4. The van der Waals surface area contributed by atoms with Gasteiger partial charge >= 0.3 is 5.97 Å². The summed E-state index contributed by atoms with van der Waals surface area (Å²) >= 11 is 0. The minimum Gasteiger partial charge on any atom is -0.466 e. The van der Waals surface area contributed by atoms with Gasteiger partial charge in [0.25, 0.3) is 5.91 Å². The normalized spacial score (nSPS) is 10.4. The van der Waals surface area contributed by atoms with E-state index in [1.54, 1.807) is 19.1 Å². The van der Waals surface area contributed by atoms with Gasteiger partial charge in [-0.05, 0) is 54.3 Å². The third-order valence-corrected chi connectivity index (χ3v) is 4.42. The molecule has 142 valence electrons. The Morgan fingerprint density at radius 2 is 1.68 bits per heavy atom. The van der Waals surface area contributed by atoms with Gasteiger partial charge < -0.3 is 10.1 Å². The number of anilines is 1. The molecule has 0 heterocycles. The maximum atomic E-state index is 12.7. The van der Waals surface area contributed by atoms with Crippen LogP contribution >= 0.6 is 0 Å². The summed E-state index contributed by atoms with van der Waals surface area (Å²) in [6, 6.07) is 23.1. The number of nitrogens with one attached hydrogen (secondary N) is 1. The maximum Gasteiger partial charge on any atom is 0.310 e. The van der Waals surface area contributed by atoms with E-state index in [0.717, 1.165) is 22.3 Å². The Hall–Kier alpha value is -3.40. The van der Waals surface area contributed by atoms with E-state index in [1.807, 2.05) is 67.6 Å². The number of esters is 1. The van der Waals surface area contributed by atoms with Crippen molar-refractivity contribution in [3.8, 4) is 11.1 Å². The van der Waals surface area contributed by atoms with Crippen LogP contribution < -0.4 is 5.32 Å². The molecule has 4 nitrogen and oxygen atoms in total. The molecule has 28 heavy (non-hydrogen) atoms. The standard InChI is InChI=1S/C24H23NO3/c1-3-28-23(26)16-18-8-7-11-21(15-18)25-24(27)22-13-12-20(14-17(22)2)19-9-5-4-6-10-19/h4-15H,3,16H2,1-2H3,(H,25,27). The van der Waals surface area contributed by atoms with E-state index in [1.165, 1.54) is 0 Å². The second kappa shape index (κ2) is 9.00. The molecule has 0 aliphatic heterocycles. The summed E-state index contributed by atoms with van der Waals surface area (Å²) in [6.45, 7) is 4.06. The molecule has 3 rings (SSSR count). The van der Waals surface area contributed by atoms with Crippen LogP contribution in [0.2, 0.25) is 0 Å². The van der Waals surface area contributed by atoms with Crippen LogP contribution in [0.5, 0.6) is 0 Å². The zero-order chi connectivity index (χ0) is 19.9. The average molecular weight is 373 g/mol. The smallest absolute Gasteiger partial charge is 0.310 e. The van der Waals surface area contributed by atoms with Crippen LogP contribution in [0.15, 0.2) is 72.8 Å². The molecule has 1 amide bonds. The number of amides is 1. The van der Waals surface area contributed by atoms with E-state index in [0.29, 0.717) is 17.9 Å². The molecule has 0 saturated heterocycles. The van der Waals surface area contributed by atoms with Crippen molar-refractivity contribution in [2.24, 2.45) is 0 Å². The number of hydrogen-bond acceptors (Lipinski definition) is 3. The zero-order valence-corrected chi connectivity index (χ0v) is 16.1. The van der Waals surface area contributed by atoms with Crippen molar-refractivity contribution in [3.05, 3.63) is 89.5 Å². The number of benzene rings is 3. The van der Waals surface area contributed by atoms with Crippen LogP contribution in [0.4, 0.5) is 5.69 Å². The van der Waals surface area contributed by atoms with Crippen LogP contribution in [0.3, 0.4) is 0 Å². The Morgan fingerprint density at radius 3 is 2.39 bits per heavy atom. The fraction of sp³-hybridized carbons (Fsp3) is 0.167. The molecular formula is C24H23NO3. The first-order chi connectivity index (χ1) is 13.6. The minimum absolute atomic E-state index is 0.176. The fourth-order valence-corrected chi connectivity index (χ4v) is 3.06. The van der Waals surface area contributed by atoms with Crippen LogP contribution in [0.25, 0.3) is 11.1 Å². The second-order valence-corrected chi connectivity index (χ2v) is 6.53. The van der Waals surface area contributed by atoms with Gasteiger partial charge in [-0.15, -0.1) is 0 Å². The van der Waals surface area contributed by atoms with Crippen molar-refractivity contribution < 1.29 is 14.3 Å². The topological polar surface area (TPSA) is 55.4 Å². The molecule has 1 N–H and O–H groups in total. The Morgan fingerprint density at radius 1 is 0.893 bits per heavy atom. The van der Waals surface area contributed by atoms with E-state index < -0.39 is 0 Å². The van der Waals surface area contributed by atoms with Gasteiger partial charge in [0.05, 0.1) is 13.0 Å². The predicted octanol–water partition coefficient (Wildman–Crippen LogP) is 5.02. The second-order valence-electron chi connectivity index (χ2n) is 6.53. The zero-order valence-electron chi connectivity index (χ0n) is 16.1. The number of rotatable bonds is 6. The van der Waals surface area contributed by atoms with Crippen LogP contribution in [0.1, 0.15) is 28.4 Å². The molecular weight excluding hydrogens is 350 g/mol. The summed E-state index contributed by atoms with van der Waals surface area (Å²) in [6.07, 6.45) is 0.183. The van der Waals surface area contributed by atoms with Crippen molar-refractivity contribution in [1.29, 1.82) is 0 Å². The minimum atomic E-state index is -0.279. The third kappa shape index (κ3) is 4.86. The number of carbonyl (C=O) groups excluding carboxylic acids is 2. The van der Waals surface area contributed by atoms with Crippen LogP contribution in [-0.2, 0) is 16.0 Å². The van der Waals surface area contributed by atoms with Crippen LogP contribution in [0, 0.1) is 6.92 Å². The number of ether oxygens (including phenoxy) is 1. The highest BCUT2D eigenvalue weighted by Gasteiger charge is 2.11. The highest BCUT2D eigenvalue weighted by Crippen LogP contribution is 2.23. The number of hydrogen-bond donors (Lipinski definition) is 1. The maximum absolute atomic E-state index is 12.7. The van der Waals surface area contributed by atoms with E-state index >= 15 is 0 Å². The first-order valence-electron chi connectivity index (χ1n) is 9.29. The quantitative estimate of drug-likeness (QED) is 0.617. The Labute approximate surface area is 165 Å². The molecule has 0 fully saturated rings. The summed E-state index contributed by atoms with van der Waals surface area (Å²) in [5, 5.41) is 2.91. The lowest BCUT2D eigenvalue weighted by molar-refractivity contribution is -0.142. The van der Waals surface area contributed by atoms with Crippen molar-refractivity contribution in [2.75, 3.05) is 11.9 Å². The summed E-state index contributed by atoms with van der Waals surface area (Å²) in [7, 11) is 0. The van der Waals surface area contributed by atoms with Gasteiger partial charge in [0, 0.05) is 11.3 Å². The number of aryl methyl sites for hydroxylation is 1. The lowest BCUT2D eigenvalue weighted by Crippen LogP contribution is -2.14. The molecule has 0 spiro atoms. The van der Waals surface area contributed by atoms with E-state index in [2.05, 4.69) is 5.32 Å². The summed E-state index contributed by atoms with van der Waals surface area (Å²) in [5.41, 5.74) is 5.16. The Bertz CT molecular complexity index is 980. The van der Waals surface area contributed by atoms with E-state index in [-0.39, 0.29) is 18.3 Å². The van der Waals surface area contributed by atoms with Gasteiger partial charge in [-0.2, -0.15) is 0 Å². The number of carbonyl (C=O) groups is 2. The molecule has 0 saturated carbocycles. The molecule has 0 unspecified atom stereocenters. The molecule has 0 aliphatic carbocycles. The van der Waals surface area contributed by atoms with E-state index in [4.69, 9.17) is 4.74 Å². The third-order valence-electron chi connectivity index (χ3n) is 4.42. The van der Waals surface area contributed by atoms with Crippen molar-refractivity contribution in [1.82, 2.24) is 0 Å². The van der Waals surface area contributed by atoms with Crippen molar-refractivity contribution >= 4 is 17.6 Å². The van der Waals surface area contributed by atoms with Gasteiger partial charge in [-0.25, -0.2) is 0 Å². The highest BCUT2D eigenvalue weighted by molar-refractivity contribution is 6.05. The van der Waals surface area contributed by atoms with Gasteiger partial charge in [0.15, 0.2) is 0 Å². The van der Waals surface area contributed by atoms with Gasteiger partial charge in [0.2, 0.25) is 0 Å². The molecule has 0 bridgehead atoms. The average Bonchev–Trinajstić information content (AvgIpc) is 2.69. The van der Waals surface area contributed by atoms with Gasteiger partial charge in [0.1, 0.15) is 0 Å². The SMILES string of the molecule is CCOC(=O)Cc1cccc(NC(=O)c2ccc(-c3ccccc3)cc2C)c1. The molecule has 4 heteroatoms. The molecule has 0 aliphatic rings. The molecule has 0 radical (unpaired) electrons. The molecule has 3 aromatic rings. The lowest BCUT2D eigenvalue weighted by Gasteiger charge is -2.11. The fourth-order valence-electron chi connectivity index (χ4n) is 3.06. The van der Waals surface area contributed by atoms with Crippen molar-refractivity contribution in [2.45, 2.75) is 20.3 Å². The van der Waals surface area contributed by atoms with Gasteiger partial charge in [-0.1, -0.05) is 54.6 Å². The molecule has 0 aromatic heterocycles. The van der Waals surface area contributed by atoms with Crippen molar-refractivity contribution in [3.63, 3.8) is 0 Å². The molecule has 3 aromatic carbocycles. The Balaban J connectivity index is 1.74. The Kier molecular flexibility index (Phi) is 6.22. The largest absolute Gasteiger partial charge is 0.466 e. The molecule has 0 atom stereocenters. The summed E-state index contributed by atoms with van der Waals surface area (Å²) in [4.78, 5) is 24.4. The highest BCUT2D eigenvalue weighted by atomic mass is 16.5.